The second kappa shape index (κ2) is 7.48. The highest BCUT2D eigenvalue weighted by molar-refractivity contribution is 5.95. The van der Waals surface area contributed by atoms with Gasteiger partial charge in [0.2, 0.25) is 6.79 Å². The van der Waals surface area contributed by atoms with Gasteiger partial charge in [-0.1, -0.05) is 6.07 Å². The smallest absolute Gasteiger partial charge is 0.338 e. The van der Waals surface area contributed by atoms with Crippen molar-refractivity contribution in [2.24, 2.45) is 0 Å². The number of benzene rings is 1. The molecule has 3 heterocycles. The summed E-state index contributed by atoms with van der Waals surface area (Å²) >= 11 is 0. The highest BCUT2D eigenvalue weighted by atomic mass is 16.7. The molecular formula is C19H24N3O5+. The van der Waals surface area contributed by atoms with Gasteiger partial charge in [0.25, 0.3) is 0 Å². The van der Waals surface area contributed by atoms with Gasteiger partial charge in [0, 0.05) is 12.8 Å². The lowest BCUT2D eigenvalue weighted by molar-refractivity contribution is -0.882. The van der Waals surface area contributed by atoms with Crippen molar-refractivity contribution in [1.29, 1.82) is 0 Å². The van der Waals surface area contributed by atoms with E-state index in [0.717, 1.165) is 31.5 Å². The zero-order valence-electron chi connectivity index (χ0n) is 15.3. The number of fused-ring (bicyclic) bond motifs is 1. The summed E-state index contributed by atoms with van der Waals surface area (Å²) in [5.41, 5.74) is 1.84. The molecule has 144 valence electrons. The number of carbonyl (C=O) groups is 2. The monoisotopic (exact) mass is 374 g/mol. The number of rotatable bonds is 5. The van der Waals surface area contributed by atoms with Gasteiger partial charge in [0.05, 0.1) is 37.0 Å². The molecule has 4 rings (SSSR count). The quantitative estimate of drug-likeness (QED) is 0.644. The van der Waals surface area contributed by atoms with Gasteiger partial charge in [-0.25, -0.2) is 9.59 Å². The average molecular weight is 374 g/mol. The van der Waals surface area contributed by atoms with Gasteiger partial charge in [-0.05, 0) is 24.6 Å². The van der Waals surface area contributed by atoms with Crippen molar-refractivity contribution in [3.05, 3.63) is 35.0 Å². The van der Waals surface area contributed by atoms with Crippen LogP contribution in [-0.2, 0) is 9.53 Å². The third kappa shape index (κ3) is 3.57. The summed E-state index contributed by atoms with van der Waals surface area (Å²) in [7, 11) is 0. The molecule has 3 aliphatic rings. The normalized spacial score (nSPS) is 21.8. The van der Waals surface area contributed by atoms with E-state index in [4.69, 9.17) is 14.2 Å². The maximum atomic E-state index is 12.8. The number of hydrogen-bond acceptors (Lipinski definition) is 5. The first-order valence-corrected chi connectivity index (χ1v) is 9.36. The van der Waals surface area contributed by atoms with Gasteiger partial charge in [-0.15, -0.1) is 0 Å². The molecule has 8 nitrogen and oxygen atoms in total. The second-order valence-electron chi connectivity index (χ2n) is 6.89. The van der Waals surface area contributed by atoms with E-state index in [1.54, 1.807) is 19.1 Å². The molecule has 1 aromatic carbocycles. The molecule has 1 saturated heterocycles. The van der Waals surface area contributed by atoms with Gasteiger partial charge in [0.1, 0.15) is 6.54 Å². The van der Waals surface area contributed by atoms with Gasteiger partial charge in [0.15, 0.2) is 11.5 Å². The average Bonchev–Trinajstić information content (AvgIpc) is 3.32. The molecular weight excluding hydrogens is 350 g/mol. The Hall–Kier alpha value is -2.74. The van der Waals surface area contributed by atoms with Crippen LogP contribution in [-0.4, -0.2) is 45.0 Å². The number of nitrogens with one attached hydrogen (secondary N) is 3. The van der Waals surface area contributed by atoms with Gasteiger partial charge >= 0.3 is 12.0 Å². The number of likely N-dealkylation sites (tertiary alicyclic amines) is 1. The van der Waals surface area contributed by atoms with Crippen LogP contribution in [0.1, 0.15) is 31.4 Å². The second-order valence-corrected chi connectivity index (χ2v) is 6.89. The molecule has 0 unspecified atom stereocenters. The Morgan fingerprint density at radius 3 is 2.81 bits per heavy atom. The Kier molecular flexibility index (Phi) is 4.89. The lowest BCUT2D eigenvalue weighted by Gasteiger charge is -2.30. The third-order valence-corrected chi connectivity index (χ3v) is 5.12. The van der Waals surface area contributed by atoms with Gasteiger partial charge < -0.3 is 29.7 Å². The van der Waals surface area contributed by atoms with E-state index >= 15 is 0 Å². The number of urea groups is 1. The minimum absolute atomic E-state index is 0.168. The highest BCUT2D eigenvalue weighted by Gasteiger charge is 2.36. The van der Waals surface area contributed by atoms with E-state index < -0.39 is 12.0 Å². The van der Waals surface area contributed by atoms with E-state index in [-0.39, 0.29) is 19.4 Å². The number of esters is 1. The lowest BCUT2D eigenvalue weighted by Crippen LogP contribution is -3.10. The molecule has 0 bridgehead atoms. The summed E-state index contributed by atoms with van der Waals surface area (Å²) in [5.74, 6) is 0.846. The van der Waals surface area contributed by atoms with Gasteiger partial charge in [-0.3, -0.25) is 0 Å². The Labute approximate surface area is 157 Å². The molecule has 1 aromatic rings. The minimum atomic E-state index is -0.593. The first-order valence-electron chi connectivity index (χ1n) is 9.36. The fourth-order valence-electron chi connectivity index (χ4n) is 3.85. The molecule has 3 N–H and O–H groups in total. The predicted octanol–water partition coefficient (Wildman–Crippen LogP) is 0.265. The standard InChI is InChI=1S/C19H23N3O5/c1-2-25-18(23)16-13(10-22-7-3-4-8-22)20-19(24)21-17(16)12-5-6-14-15(9-12)27-11-26-14/h5-6,9,17H,2-4,7-8,10-11H2,1H3,(H2,20,21,24)/p+1/t17-/m1/s1. The van der Waals surface area contributed by atoms with Crippen LogP contribution in [0.4, 0.5) is 4.79 Å². The van der Waals surface area contributed by atoms with Crippen LogP contribution in [0.3, 0.4) is 0 Å². The van der Waals surface area contributed by atoms with Crippen molar-refractivity contribution in [2.75, 3.05) is 33.0 Å². The summed E-state index contributed by atoms with van der Waals surface area (Å²) in [5, 5.41) is 5.69. The number of amides is 2. The van der Waals surface area contributed by atoms with Crippen molar-refractivity contribution in [2.45, 2.75) is 25.8 Å². The van der Waals surface area contributed by atoms with Crippen LogP contribution in [0, 0.1) is 0 Å². The van der Waals surface area contributed by atoms with Crippen molar-refractivity contribution in [1.82, 2.24) is 10.6 Å². The van der Waals surface area contributed by atoms with E-state index in [9.17, 15) is 9.59 Å². The SMILES string of the molecule is CCOC(=O)C1=C(C[NH+]2CCCC2)NC(=O)N[C@@H]1c1ccc2c(c1)OCO2. The summed E-state index contributed by atoms with van der Waals surface area (Å²) in [6, 6.07) is 4.52. The summed E-state index contributed by atoms with van der Waals surface area (Å²) in [6.07, 6.45) is 2.32. The molecule has 27 heavy (non-hydrogen) atoms. The van der Waals surface area contributed by atoms with Crippen LogP contribution >= 0.6 is 0 Å². The maximum Gasteiger partial charge on any atom is 0.338 e. The molecule has 1 fully saturated rings. The highest BCUT2D eigenvalue weighted by Crippen LogP contribution is 2.37. The first-order chi connectivity index (χ1) is 13.2. The zero-order valence-corrected chi connectivity index (χ0v) is 15.3. The van der Waals surface area contributed by atoms with Crippen LogP contribution < -0.4 is 25.0 Å². The van der Waals surface area contributed by atoms with E-state index in [1.165, 1.54) is 4.90 Å². The van der Waals surface area contributed by atoms with Crippen molar-refractivity contribution >= 4 is 12.0 Å². The Bertz CT molecular complexity index is 786. The minimum Gasteiger partial charge on any atom is -0.463 e. The summed E-state index contributed by atoms with van der Waals surface area (Å²) in [6.45, 7) is 4.89. The molecule has 0 aromatic heterocycles. The van der Waals surface area contributed by atoms with Crippen LogP contribution in [0.25, 0.3) is 0 Å². The molecule has 1 atom stereocenters. The van der Waals surface area contributed by atoms with E-state index in [1.807, 2.05) is 6.07 Å². The molecule has 2 amide bonds. The molecule has 0 saturated carbocycles. The number of carbonyl (C=O) groups excluding carboxylic acids is 2. The van der Waals surface area contributed by atoms with Crippen LogP contribution in [0.5, 0.6) is 11.5 Å². The number of hydrogen-bond donors (Lipinski definition) is 3. The Morgan fingerprint density at radius 2 is 2.04 bits per heavy atom. The van der Waals surface area contributed by atoms with E-state index in [2.05, 4.69) is 10.6 Å². The largest absolute Gasteiger partial charge is 0.463 e. The lowest BCUT2D eigenvalue weighted by atomic mass is 9.94. The fourth-order valence-corrected chi connectivity index (χ4v) is 3.85. The molecule has 8 heteroatoms. The van der Waals surface area contributed by atoms with Crippen LogP contribution in [0.15, 0.2) is 29.5 Å². The Morgan fingerprint density at radius 1 is 1.26 bits per heavy atom. The summed E-state index contributed by atoms with van der Waals surface area (Å²) in [4.78, 5) is 26.4. The van der Waals surface area contributed by atoms with Gasteiger partial charge in [-0.2, -0.15) is 0 Å². The summed E-state index contributed by atoms with van der Waals surface area (Å²) < 4.78 is 16.1. The number of quaternary nitrogens is 1. The molecule has 0 radical (unpaired) electrons. The first kappa shape index (κ1) is 17.7. The zero-order chi connectivity index (χ0) is 18.8. The van der Waals surface area contributed by atoms with Crippen LogP contribution in [0.2, 0.25) is 0 Å². The molecule has 0 spiro atoms. The Balaban J connectivity index is 1.72. The topological polar surface area (TPSA) is 90.3 Å². The van der Waals surface area contributed by atoms with Crippen molar-refractivity contribution in [3.63, 3.8) is 0 Å². The van der Waals surface area contributed by atoms with Crippen molar-refractivity contribution < 1.29 is 28.7 Å². The molecule has 0 aliphatic carbocycles. The third-order valence-electron chi connectivity index (χ3n) is 5.12. The van der Waals surface area contributed by atoms with Crippen molar-refractivity contribution in [3.8, 4) is 11.5 Å². The number of ether oxygens (including phenoxy) is 3. The fraction of sp³-hybridized carbons (Fsp3) is 0.474. The maximum absolute atomic E-state index is 12.8. The van der Waals surface area contributed by atoms with E-state index in [0.29, 0.717) is 29.3 Å². The molecule has 3 aliphatic heterocycles. The predicted molar refractivity (Wildman–Crippen MR) is 95.4 cm³/mol.